The van der Waals surface area contributed by atoms with Gasteiger partial charge in [-0.25, -0.2) is 0 Å². The van der Waals surface area contributed by atoms with Crippen LogP contribution in [-0.2, 0) is 0 Å². The van der Waals surface area contributed by atoms with Gasteiger partial charge in [0.05, 0.1) is 11.9 Å². The second-order valence-electron chi connectivity index (χ2n) is 6.17. The number of hydrogen-bond donors (Lipinski definition) is 1. The molecule has 0 spiro atoms. The summed E-state index contributed by atoms with van der Waals surface area (Å²) in [6.45, 7) is 2.07. The SMILES string of the molecule is Cc1ccccc1N/N=C/c1ccccc1C1=CC(N(C)C)=CC1. The van der Waals surface area contributed by atoms with Gasteiger partial charge in [-0.2, -0.15) is 5.10 Å². The molecule has 0 radical (unpaired) electrons. The molecular formula is C21H23N3. The number of likely N-dealkylation sites (N-methyl/N-ethyl adjacent to an activating group) is 1. The standard InChI is InChI=1S/C21H23N3/c1-16-8-4-7-11-21(16)23-22-15-18-9-5-6-10-20(18)17-12-13-19(14-17)24(2)3/h4-11,13-15,23H,12H2,1-3H3/b22-15+. The van der Waals surface area contributed by atoms with Crippen molar-refractivity contribution in [1.82, 2.24) is 4.90 Å². The van der Waals surface area contributed by atoms with Gasteiger partial charge in [-0.1, -0.05) is 48.5 Å². The van der Waals surface area contributed by atoms with Crippen molar-refractivity contribution in [1.29, 1.82) is 0 Å². The van der Waals surface area contributed by atoms with Crippen molar-refractivity contribution in [3.05, 3.63) is 83.1 Å². The van der Waals surface area contributed by atoms with Crippen molar-refractivity contribution in [2.45, 2.75) is 13.3 Å². The third kappa shape index (κ3) is 3.57. The number of anilines is 1. The first-order valence-electron chi connectivity index (χ1n) is 8.17. The minimum atomic E-state index is 0.962. The highest BCUT2D eigenvalue weighted by Gasteiger charge is 2.12. The fraction of sp³-hybridized carbons (Fsp3) is 0.190. The smallest absolute Gasteiger partial charge is 0.0590 e. The summed E-state index contributed by atoms with van der Waals surface area (Å²) in [4.78, 5) is 2.14. The molecule has 1 N–H and O–H groups in total. The van der Waals surface area contributed by atoms with Crippen molar-refractivity contribution < 1.29 is 0 Å². The maximum atomic E-state index is 4.43. The van der Waals surface area contributed by atoms with Crippen LogP contribution in [0.1, 0.15) is 23.1 Å². The molecular weight excluding hydrogens is 294 g/mol. The molecule has 1 aliphatic rings. The second-order valence-corrected chi connectivity index (χ2v) is 6.17. The fourth-order valence-electron chi connectivity index (χ4n) is 2.78. The maximum absolute atomic E-state index is 4.43. The summed E-state index contributed by atoms with van der Waals surface area (Å²) in [6.07, 6.45) is 7.37. The molecule has 2 aromatic carbocycles. The molecule has 0 saturated heterocycles. The molecule has 0 atom stereocenters. The molecule has 0 saturated carbocycles. The summed E-state index contributed by atoms with van der Waals surface area (Å²) in [6, 6.07) is 16.5. The van der Waals surface area contributed by atoms with E-state index in [1.54, 1.807) is 0 Å². The summed E-state index contributed by atoms with van der Waals surface area (Å²) in [7, 11) is 4.15. The van der Waals surface area contributed by atoms with Crippen LogP contribution in [0, 0.1) is 6.92 Å². The highest BCUT2D eigenvalue weighted by atomic mass is 15.3. The van der Waals surface area contributed by atoms with Crippen LogP contribution >= 0.6 is 0 Å². The van der Waals surface area contributed by atoms with E-state index < -0.39 is 0 Å². The van der Waals surface area contributed by atoms with E-state index in [9.17, 15) is 0 Å². The zero-order valence-corrected chi connectivity index (χ0v) is 14.5. The molecule has 3 nitrogen and oxygen atoms in total. The highest BCUT2D eigenvalue weighted by molar-refractivity contribution is 5.90. The third-order valence-electron chi connectivity index (χ3n) is 4.21. The lowest BCUT2D eigenvalue weighted by Gasteiger charge is -2.11. The number of hydrazone groups is 1. The monoisotopic (exact) mass is 317 g/mol. The fourth-order valence-corrected chi connectivity index (χ4v) is 2.78. The first kappa shape index (κ1) is 16.1. The number of nitrogens with one attached hydrogen (secondary N) is 1. The van der Waals surface area contributed by atoms with Gasteiger partial charge in [0.25, 0.3) is 0 Å². The average molecular weight is 317 g/mol. The molecule has 0 aliphatic heterocycles. The predicted molar refractivity (Wildman–Crippen MR) is 103 cm³/mol. The number of rotatable bonds is 5. The van der Waals surface area contributed by atoms with Gasteiger partial charge in [0.1, 0.15) is 0 Å². The van der Waals surface area contributed by atoms with E-state index in [2.05, 4.69) is 78.9 Å². The summed E-state index contributed by atoms with van der Waals surface area (Å²) < 4.78 is 0. The van der Waals surface area contributed by atoms with Crippen LogP contribution in [0.5, 0.6) is 0 Å². The van der Waals surface area contributed by atoms with Crippen molar-refractivity contribution >= 4 is 17.5 Å². The number of benzene rings is 2. The van der Waals surface area contributed by atoms with Crippen LogP contribution in [0.3, 0.4) is 0 Å². The van der Waals surface area contributed by atoms with E-state index >= 15 is 0 Å². The molecule has 0 bridgehead atoms. The number of para-hydroxylation sites is 1. The largest absolute Gasteiger partial charge is 0.378 e. The average Bonchev–Trinajstić information content (AvgIpc) is 3.07. The van der Waals surface area contributed by atoms with Crippen molar-refractivity contribution in [3.8, 4) is 0 Å². The van der Waals surface area contributed by atoms with Crippen molar-refractivity contribution in [2.24, 2.45) is 5.10 Å². The zero-order valence-electron chi connectivity index (χ0n) is 14.5. The Labute approximate surface area is 144 Å². The lowest BCUT2D eigenvalue weighted by Crippen LogP contribution is -2.07. The van der Waals surface area contributed by atoms with Gasteiger partial charge in [0.2, 0.25) is 0 Å². The molecule has 0 fully saturated rings. The van der Waals surface area contributed by atoms with Gasteiger partial charge in [0, 0.05) is 25.4 Å². The van der Waals surface area contributed by atoms with Crippen molar-refractivity contribution in [2.75, 3.05) is 19.5 Å². The summed E-state index contributed by atoms with van der Waals surface area (Å²) in [5.74, 6) is 0. The van der Waals surface area contributed by atoms with Gasteiger partial charge in [-0.05, 0) is 42.2 Å². The second kappa shape index (κ2) is 7.18. The Balaban J connectivity index is 1.79. The Kier molecular flexibility index (Phi) is 4.80. The van der Waals surface area contributed by atoms with Crippen LogP contribution in [0.15, 0.2) is 71.5 Å². The molecule has 3 rings (SSSR count). The molecule has 0 unspecified atom stereocenters. The molecule has 1 aliphatic carbocycles. The van der Waals surface area contributed by atoms with Crippen LogP contribution in [0.4, 0.5) is 5.69 Å². The lowest BCUT2D eigenvalue weighted by molar-refractivity contribution is 0.531. The van der Waals surface area contributed by atoms with Gasteiger partial charge < -0.3 is 4.90 Å². The van der Waals surface area contributed by atoms with E-state index in [-0.39, 0.29) is 0 Å². The molecule has 2 aromatic rings. The Hall–Kier alpha value is -2.81. The van der Waals surface area contributed by atoms with Crippen LogP contribution in [0.25, 0.3) is 5.57 Å². The minimum absolute atomic E-state index is 0.962. The quantitative estimate of drug-likeness (QED) is 0.641. The molecule has 122 valence electrons. The van der Waals surface area contributed by atoms with E-state index in [4.69, 9.17) is 0 Å². The molecule has 0 aromatic heterocycles. The highest BCUT2D eigenvalue weighted by Crippen LogP contribution is 2.29. The van der Waals surface area contributed by atoms with E-state index in [0.717, 1.165) is 17.7 Å². The summed E-state index contributed by atoms with van der Waals surface area (Å²) in [5, 5.41) is 4.43. The van der Waals surface area contributed by atoms with Gasteiger partial charge >= 0.3 is 0 Å². The van der Waals surface area contributed by atoms with Gasteiger partial charge in [-0.15, -0.1) is 0 Å². The normalized spacial score (nSPS) is 13.8. The summed E-state index contributed by atoms with van der Waals surface area (Å²) >= 11 is 0. The Morgan fingerprint density at radius 3 is 2.54 bits per heavy atom. The lowest BCUT2D eigenvalue weighted by atomic mass is 10.00. The first-order chi connectivity index (χ1) is 11.6. The minimum Gasteiger partial charge on any atom is -0.378 e. The topological polar surface area (TPSA) is 27.6 Å². The molecule has 0 heterocycles. The zero-order chi connectivity index (χ0) is 16.9. The van der Waals surface area contributed by atoms with E-state index in [1.807, 2.05) is 24.4 Å². The molecule has 0 amide bonds. The number of nitrogens with zero attached hydrogens (tertiary/aromatic N) is 2. The van der Waals surface area contributed by atoms with E-state index in [1.165, 1.54) is 22.4 Å². The maximum Gasteiger partial charge on any atom is 0.0590 e. The predicted octanol–water partition coefficient (Wildman–Crippen LogP) is 4.67. The Morgan fingerprint density at radius 2 is 1.79 bits per heavy atom. The Morgan fingerprint density at radius 1 is 1.04 bits per heavy atom. The number of allylic oxidation sites excluding steroid dienone is 3. The van der Waals surface area contributed by atoms with Crippen molar-refractivity contribution in [3.63, 3.8) is 0 Å². The van der Waals surface area contributed by atoms with Gasteiger partial charge in [0.15, 0.2) is 0 Å². The van der Waals surface area contributed by atoms with Crippen LogP contribution in [-0.4, -0.2) is 25.2 Å². The molecule has 24 heavy (non-hydrogen) atoms. The van der Waals surface area contributed by atoms with E-state index in [0.29, 0.717) is 0 Å². The number of hydrogen-bond acceptors (Lipinski definition) is 3. The third-order valence-corrected chi connectivity index (χ3v) is 4.21. The number of aryl methyl sites for hydroxylation is 1. The van der Waals surface area contributed by atoms with Crippen LogP contribution in [0.2, 0.25) is 0 Å². The summed E-state index contributed by atoms with van der Waals surface area (Å²) in [5.41, 5.74) is 10.3. The van der Waals surface area contributed by atoms with Gasteiger partial charge in [-0.3, -0.25) is 5.43 Å². The Bertz CT molecular complexity index is 813. The molecule has 3 heteroatoms. The first-order valence-corrected chi connectivity index (χ1v) is 8.17. The van der Waals surface area contributed by atoms with Crippen LogP contribution < -0.4 is 5.43 Å².